The van der Waals surface area contributed by atoms with Gasteiger partial charge in [-0.1, -0.05) is 30.7 Å². The molecule has 0 saturated heterocycles. The van der Waals surface area contributed by atoms with Gasteiger partial charge in [0, 0.05) is 19.2 Å². The first-order valence-electron chi connectivity index (χ1n) is 7.04. The molecule has 1 aromatic rings. The minimum absolute atomic E-state index is 0.356. The third kappa shape index (κ3) is 5.00. The van der Waals surface area contributed by atoms with Crippen LogP contribution in [0.2, 0.25) is 0 Å². The van der Waals surface area contributed by atoms with Crippen molar-refractivity contribution in [2.75, 3.05) is 18.0 Å². The van der Waals surface area contributed by atoms with Crippen molar-refractivity contribution >= 4 is 11.7 Å². The topological polar surface area (TPSA) is 29.5 Å². The molecule has 1 rings (SSSR count). The molecule has 21 heavy (non-hydrogen) atoms. The van der Waals surface area contributed by atoms with Crippen molar-refractivity contribution in [2.24, 2.45) is 0 Å². The van der Waals surface area contributed by atoms with Gasteiger partial charge in [-0.05, 0) is 44.4 Å². The Bertz CT molecular complexity index is 554. The Kier molecular flexibility index (Phi) is 6.05. The monoisotopic (exact) mass is 285 g/mol. The Balaban J connectivity index is 2.84. The van der Waals surface area contributed by atoms with Crippen molar-refractivity contribution in [1.29, 1.82) is 0 Å². The van der Waals surface area contributed by atoms with Gasteiger partial charge in [0.1, 0.15) is 0 Å². The normalized spacial score (nSPS) is 12.6. The molecule has 3 heteroatoms. The Morgan fingerprint density at radius 2 is 1.95 bits per heavy atom. The Morgan fingerprint density at radius 3 is 2.43 bits per heavy atom. The van der Waals surface area contributed by atoms with Crippen LogP contribution >= 0.6 is 0 Å². The third-order valence-electron chi connectivity index (χ3n) is 3.26. The highest BCUT2D eigenvalue weighted by atomic mass is 16.6. The molecule has 0 aliphatic heterocycles. The van der Waals surface area contributed by atoms with E-state index in [0.717, 1.165) is 12.2 Å². The molecule has 1 unspecified atom stereocenters. The van der Waals surface area contributed by atoms with Gasteiger partial charge in [0.15, 0.2) is 5.60 Å². The smallest absolute Gasteiger partial charge is 0.304 e. The quantitative estimate of drug-likeness (QED) is 0.472. The lowest BCUT2D eigenvalue weighted by Crippen LogP contribution is -2.31. The summed E-state index contributed by atoms with van der Waals surface area (Å²) in [7, 11) is 0. The lowest BCUT2D eigenvalue weighted by molar-refractivity contribution is -0.147. The standard InChI is InChI=1S/C18H23NO2/c1-6-19(17-11-8-7-9-12-17)14-10-13-18(5,15(2)3)21-16(4)20/h7-9,11-12H,2,6,14H2,1,3-5H3. The van der Waals surface area contributed by atoms with Crippen LogP contribution in [0.25, 0.3) is 0 Å². The van der Waals surface area contributed by atoms with E-state index in [4.69, 9.17) is 4.74 Å². The second-order valence-corrected chi connectivity index (χ2v) is 5.06. The number of hydrogen-bond donors (Lipinski definition) is 0. The van der Waals surface area contributed by atoms with Crippen LogP contribution in [0, 0.1) is 11.8 Å². The summed E-state index contributed by atoms with van der Waals surface area (Å²) in [6, 6.07) is 10.1. The van der Waals surface area contributed by atoms with E-state index < -0.39 is 5.60 Å². The maximum atomic E-state index is 11.2. The fraction of sp³-hybridized carbons (Fsp3) is 0.389. The van der Waals surface area contributed by atoms with Crippen LogP contribution in [0.3, 0.4) is 0 Å². The Labute approximate surface area is 127 Å². The van der Waals surface area contributed by atoms with Crippen LogP contribution in [0.5, 0.6) is 0 Å². The zero-order valence-electron chi connectivity index (χ0n) is 13.3. The number of esters is 1. The maximum absolute atomic E-state index is 11.2. The first-order valence-corrected chi connectivity index (χ1v) is 7.04. The molecule has 0 amide bonds. The summed E-state index contributed by atoms with van der Waals surface area (Å²) in [5, 5.41) is 0. The zero-order valence-corrected chi connectivity index (χ0v) is 13.3. The molecule has 1 atom stereocenters. The van der Waals surface area contributed by atoms with Crippen LogP contribution in [-0.2, 0) is 9.53 Å². The highest BCUT2D eigenvalue weighted by Gasteiger charge is 2.25. The van der Waals surface area contributed by atoms with E-state index in [2.05, 4.69) is 42.4 Å². The van der Waals surface area contributed by atoms with Crippen molar-refractivity contribution in [1.82, 2.24) is 0 Å². The molecular formula is C18H23NO2. The van der Waals surface area contributed by atoms with E-state index >= 15 is 0 Å². The van der Waals surface area contributed by atoms with Crippen LogP contribution in [0.4, 0.5) is 5.69 Å². The van der Waals surface area contributed by atoms with Crippen LogP contribution < -0.4 is 4.90 Å². The van der Waals surface area contributed by atoms with E-state index in [9.17, 15) is 4.79 Å². The molecule has 0 heterocycles. The van der Waals surface area contributed by atoms with Gasteiger partial charge in [-0.15, -0.1) is 0 Å². The highest BCUT2D eigenvalue weighted by Crippen LogP contribution is 2.19. The summed E-state index contributed by atoms with van der Waals surface area (Å²) in [5.74, 6) is 5.77. The molecule has 0 fully saturated rings. The van der Waals surface area contributed by atoms with E-state index in [0.29, 0.717) is 12.1 Å². The number of rotatable bonds is 5. The molecule has 0 radical (unpaired) electrons. The number of hydrogen-bond acceptors (Lipinski definition) is 3. The van der Waals surface area contributed by atoms with Crippen LogP contribution in [0.15, 0.2) is 42.5 Å². The van der Waals surface area contributed by atoms with E-state index in [1.165, 1.54) is 6.92 Å². The molecule has 3 nitrogen and oxygen atoms in total. The fourth-order valence-electron chi connectivity index (χ4n) is 1.83. The predicted molar refractivity (Wildman–Crippen MR) is 87.1 cm³/mol. The summed E-state index contributed by atoms with van der Waals surface area (Å²) >= 11 is 0. The summed E-state index contributed by atoms with van der Waals surface area (Å²) in [6.45, 7) is 12.3. The molecular weight excluding hydrogens is 262 g/mol. The lowest BCUT2D eigenvalue weighted by Gasteiger charge is -2.24. The molecule has 112 valence electrons. The zero-order chi connectivity index (χ0) is 15.9. The molecule has 0 saturated carbocycles. The van der Waals surface area contributed by atoms with Crippen molar-refractivity contribution in [3.05, 3.63) is 42.5 Å². The number of anilines is 1. The fourth-order valence-corrected chi connectivity index (χ4v) is 1.83. The van der Waals surface area contributed by atoms with E-state index in [-0.39, 0.29) is 5.97 Å². The average molecular weight is 285 g/mol. The number of ether oxygens (including phenoxy) is 1. The largest absolute Gasteiger partial charge is 0.442 e. The van der Waals surface area contributed by atoms with Crippen molar-refractivity contribution < 1.29 is 9.53 Å². The molecule has 0 aliphatic rings. The summed E-state index contributed by atoms with van der Waals surface area (Å²) in [4.78, 5) is 13.3. The van der Waals surface area contributed by atoms with Crippen LogP contribution in [-0.4, -0.2) is 24.7 Å². The molecule has 0 N–H and O–H groups in total. The average Bonchev–Trinajstić information content (AvgIpc) is 2.43. The summed E-state index contributed by atoms with van der Waals surface area (Å²) < 4.78 is 5.29. The van der Waals surface area contributed by atoms with Crippen LogP contribution in [0.1, 0.15) is 27.7 Å². The van der Waals surface area contributed by atoms with E-state index in [1.807, 2.05) is 25.1 Å². The second kappa shape index (κ2) is 7.54. The third-order valence-corrected chi connectivity index (χ3v) is 3.26. The Morgan fingerprint density at radius 1 is 1.33 bits per heavy atom. The Hall–Kier alpha value is -2.21. The summed E-state index contributed by atoms with van der Waals surface area (Å²) in [6.07, 6.45) is 0. The predicted octanol–water partition coefficient (Wildman–Crippen LogP) is 3.41. The van der Waals surface area contributed by atoms with Gasteiger partial charge in [-0.2, -0.15) is 0 Å². The first-order chi connectivity index (χ1) is 9.89. The van der Waals surface area contributed by atoms with Gasteiger partial charge in [-0.3, -0.25) is 4.79 Å². The summed E-state index contributed by atoms with van der Waals surface area (Å²) in [5.41, 5.74) is 0.911. The van der Waals surface area contributed by atoms with Crippen molar-refractivity contribution in [3.63, 3.8) is 0 Å². The van der Waals surface area contributed by atoms with Crippen molar-refractivity contribution in [2.45, 2.75) is 33.3 Å². The first kappa shape index (κ1) is 16.8. The maximum Gasteiger partial charge on any atom is 0.304 e. The molecule has 1 aromatic carbocycles. The molecule has 0 aromatic heterocycles. The molecule has 0 bridgehead atoms. The second-order valence-electron chi connectivity index (χ2n) is 5.06. The van der Waals surface area contributed by atoms with Gasteiger partial charge in [0.2, 0.25) is 0 Å². The lowest BCUT2D eigenvalue weighted by atomic mass is 9.99. The number of carbonyl (C=O) groups is 1. The van der Waals surface area contributed by atoms with E-state index in [1.54, 1.807) is 6.92 Å². The number of nitrogens with zero attached hydrogens (tertiary/aromatic N) is 1. The number of benzene rings is 1. The van der Waals surface area contributed by atoms with Gasteiger partial charge in [0.25, 0.3) is 0 Å². The van der Waals surface area contributed by atoms with Gasteiger partial charge >= 0.3 is 5.97 Å². The molecule has 0 spiro atoms. The number of para-hydroxylation sites is 1. The SMILES string of the molecule is C=C(C)C(C)(C#CCN(CC)c1ccccc1)OC(C)=O. The van der Waals surface area contributed by atoms with Gasteiger partial charge < -0.3 is 9.64 Å². The minimum atomic E-state index is -0.929. The minimum Gasteiger partial charge on any atom is -0.442 e. The number of carbonyl (C=O) groups excluding carboxylic acids is 1. The van der Waals surface area contributed by atoms with Crippen molar-refractivity contribution in [3.8, 4) is 11.8 Å². The van der Waals surface area contributed by atoms with Gasteiger partial charge in [0.05, 0.1) is 6.54 Å². The highest BCUT2D eigenvalue weighted by molar-refractivity contribution is 5.67. The molecule has 0 aliphatic carbocycles. The van der Waals surface area contributed by atoms with Gasteiger partial charge in [-0.25, -0.2) is 0 Å².